The first kappa shape index (κ1) is 15.5. The first-order chi connectivity index (χ1) is 10.0. The van der Waals surface area contributed by atoms with Crippen LogP contribution in [0.3, 0.4) is 0 Å². The maximum absolute atomic E-state index is 13.4. The van der Waals surface area contributed by atoms with Crippen molar-refractivity contribution in [2.75, 3.05) is 13.6 Å². The minimum Gasteiger partial charge on any atom is -0.356 e. The van der Waals surface area contributed by atoms with Crippen LogP contribution in [0, 0.1) is 11.7 Å². The number of likely N-dealkylation sites (tertiary alicyclic amines) is 1. The molecule has 1 aliphatic rings. The van der Waals surface area contributed by atoms with Gasteiger partial charge in [-0.1, -0.05) is 25.5 Å². The van der Waals surface area contributed by atoms with E-state index in [9.17, 15) is 14.0 Å². The van der Waals surface area contributed by atoms with Crippen molar-refractivity contribution >= 4 is 11.8 Å². The second-order valence-corrected chi connectivity index (χ2v) is 5.46. The van der Waals surface area contributed by atoms with Crippen LogP contribution in [-0.4, -0.2) is 30.3 Å². The van der Waals surface area contributed by atoms with Crippen LogP contribution < -0.4 is 5.32 Å². The van der Waals surface area contributed by atoms with E-state index < -0.39 is 12.0 Å². The molecule has 2 amide bonds. The molecular formula is C16H21FN2O2. The Hall–Kier alpha value is -1.91. The fourth-order valence-corrected chi connectivity index (χ4v) is 2.77. The van der Waals surface area contributed by atoms with Crippen LogP contribution >= 0.6 is 0 Å². The number of benzene rings is 1. The molecule has 21 heavy (non-hydrogen) atoms. The fraction of sp³-hybridized carbons (Fsp3) is 0.500. The van der Waals surface area contributed by atoms with Crippen LogP contribution in [0.5, 0.6) is 0 Å². The predicted molar refractivity (Wildman–Crippen MR) is 77.9 cm³/mol. The zero-order valence-electron chi connectivity index (χ0n) is 12.4. The zero-order valence-corrected chi connectivity index (χ0v) is 12.4. The Labute approximate surface area is 124 Å². The number of unbranched alkanes of at least 4 members (excludes halogenated alkanes) is 1. The van der Waals surface area contributed by atoms with E-state index in [4.69, 9.17) is 0 Å². The number of carbonyl (C=O) groups is 2. The molecule has 1 fully saturated rings. The van der Waals surface area contributed by atoms with Gasteiger partial charge in [-0.2, -0.15) is 0 Å². The van der Waals surface area contributed by atoms with Crippen LogP contribution in [-0.2, 0) is 9.59 Å². The summed E-state index contributed by atoms with van der Waals surface area (Å²) in [5.41, 5.74) is 0.666. The van der Waals surface area contributed by atoms with E-state index in [1.54, 1.807) is 24.1 Å². The van der Waals surface area contributed by atoms with Gasteiger partial charge >= 0.3 is 0 Å². The predicted octanol–water partition coefficient (Wildman–Crippen LogP) is 2.26. The van der Waals surface area contributed by atoms with E-state index in [0.717, 1.165) is 12.8 Å². The van der Waals surface area contributed by atoms with Crippen molar-refractivity contribution in [2.24, 2.45) is 5.92 Å². The Kier molecular flexibility index (Phi) is 4.94. The Balaban J connectivity index is 2.19. The van der Waals surface area contributed by atoms with Crippen molar-refractivity contribution in [1.82, 2.24) is 10.2 Å². The Morgan fingerprint density at radius 3 is 2.90 bits per heavy atom. The van der Waals surface area contributed by atoms with E-state index in [1.807, 2.05) is 0 Å². The third-order valence-electron chi connectivity index (χ3n) is 3.94. The lowest BCUT2D eigenvalue weighted by Crippen LogP contribution is -2.35. The summed E-state index contributed by atoms with van der Waals surface area (Å²) in [4.78, 5) is 25.8. The Bertz CT molecular complexity index is 533. The molecule has 2 atom stereocenters. The minimum atomic E-state index is -0.457. The molecular weight excluding hydrogens is 271 g/mol. The number of nitrogens with one attached hydrogen (secondary N) is 1. The largest absolute Gasteiger partial charge is 0.356 e. The summed E-state index contributed by atoms with van der Waals surface area (Å²) in [6.45, 7) is 2.66. The van der Waals surface area contributed by atoms with Gasteiger partial charge in [-0.3, -0.25) is 9.59 Å². The molecule has 0 spiro atoms. The number of nitrogens with zero attached hydrogens (tertiary/aromatic N) is 1. The van der Waals surface area contributed by atoms with Crippen molar-refractivity contribution in [3.63, 3.8) is 0 Å². The number of hydrogen-bond acceptors (Lipinski definition) is 2. The number of amides is 2. The molecule has 1 aromatic carbocycles. The molecule has 114 valence electrons. The summed E-state index contributed by atoms with van der Waals surface area (Å²) < 4.78 is 13.4. The van der Waals surface area contributed by atoms with Gasteiger partial charge < -0.3 is 10.2 Å². The molecule has 0 aromatic heterocycles. The van der Waals surface area contributed by atoms with Gasteiger partial charge in [0.05, 0.1) is 12.0 Å². The van der Waals surface area contributed by atoms with Crippen molar-refractivity contribution in [2.45, 2.75) is 32.2 Å². The first-order valence-electron chi connectivity index (χ1n) is 7.33. The van der Waals surface area contributed by atoms with Gasteiger partial charge in [-0.15, -0.1) is 0 Å². The van der Waals surface area contributed by atoms with Crippen molar-refractivity contribution in [3.8, 4) is 0 Å². The molecule has 1 aromatic rings. The average molecular weight is 292 g/mol. The molecule has 1 heterocycles. The molecule has 4 nitrogen and oxygen atoms in total. The van der Waals surface area contributed by atoms with Gasteiger partial charge in [0.2, 0.25) is 11.8 Å². The third-order valence-corrected chi connectivity index (χ3v) is 3.94. The fourth-order valence-electron chi connectivity index (χ4n) is 2.77. The normalized spacial score (nSPS) is 21.7. The molecule has 1 aliphatic heterocycles. The standard InChI is InChI=1S/C16H21FN2O2/c1-3-4-8-18-16(21)13-10-14(20)19(2)15(13)11-6-5-7-12(17)9-11/h5-7,9,13,15H,3-4,8,10H2,1-2H3,(H,18,21)/t13-,15-/m0/s1. The van der Waals surface area contributed by atoms with Crippen LogP contribution in [0.15, 0.2) is 24.3 Å². The highest BCUT2D eigenvalue weighted by Crippen LogP contribution is 2.37. The van der Waals surface area contributed by atoms with Gasteiger partial charge in [-0.25, -0.2) is 4.39 Å². The molecule has 0 unspecified atom stereocenters. The monoisotopic (exact) mass is 292 g/mol. The van der Waals surface area contributed by atoms with Crippen LogP contribution in [0.1, 0.15) is 37.8 Å². The molecule has 2 rings (SSSR count). The highest BCUT2D eigenvalue weighted by atomic mass is 19.1. The maximum Gasteiger partial charge on any atom is 0.226 e. The lowest BCUT2D eigenvalue weighted by atomic mass is 9.93. The van der Waals surface area contributed by atoms with E-state index in [2.05, 4.69) is 12.2 Å². The molecule has 0 saturated carbocycles. The van der Waals surface area contributed by atoms with E-state index in [-0.39, 0.29) is 24.1 Å². The lowest BCUT2D eigenvalue weighted by molar-refractivity contribution is -0.128. The summed E-state index contributed by atoms with van der Waals surface area (Å²) in [6.07, 6.45) is 2.08. The molecule has 0 aliphatic carbocycles. The van der Waals surface area contributed by atoms with E-state index in [0.29, 0.717) is 12.1 Å². The summed E-state index contributed by atoms with van der Waals surface area (Å²) in [7, 11) is 1.66. The highest BCUT2D eigenvalue weighted by molar-refractivity contribution is 5.90. The van der Waals surface area contributed by atoms with Gasteiger partial charge in [0.15, 0.2) is 0 Å². The summed E-state index contributed by atoms with van der Waals surface area (Å²) in [5, 5.41) is 2.87. The number of hydrogen-bond donors (Lipinski definition) is 1. The summed E-state index contributed by atoms with van der Waals surface area (Å²) in [6, 6.07) is 5.72. The number of halogens is 1. The molecule has 0 bridgehead atoms. The summed E-state index contributed by atoms with van der Waals surface area (Å²) in [5.74, 6) is -1.03. The highest BCUT2D eigenvalue weighted by Gasteiger charge is 2.42. The SMILES string of the molecule is CCCCNC(=O)[C@H]1CC(=O)N(C)[C@H]1c1cccc(F)c1. The third kappa shape index (κ3) is 3.40. The second-order valence-electron chi connectivity index (χ2n) is 5.46. The quantitative estimate of drug-likeness (QED) is 0.846. The topological polar surface area (TPSA) is 49.4 Å². The number of carbonyl (C=O) groups excluding carboxylic acids is 2. The zero-order chi connectivity index (χ0) is 15.4. The minimum absolute atomic E-state index is 0.0834. The molecule has 0 radical (unpaired) electrons. The smallest absolute Gasteiger partial charge is 0.226 e. The molecule has 5 heteroatoms. The van der Waals surface area contributed by atoms with Crippen LogP contribution in [0.4, 0.5) is 4.39 Å². The first-order valence-corrected chi connectivity index (χ1v) is 7.33. The second kappa shape index (κ2) is 6.70. The van der Waals surface area contributed by atoms with Crippen molar-refractivity contribution in [1.29, 1.82) is 0 Å². The van der Waals surface area contributed by atoms with Gasteiger partial charge in [0.25, 0.3) is 0 Å². The van der Waals surface area contributed by atoms with Crippen molar-refractivity contribution < 1.29 is 14.0 Å². The lowest BCUT2D eigenvalue weighted by Gasteiger charge is -2.25. The van der Waals surface area contributed by atoms with Gasteiger partial charge in [0, 0.05) is 20.0 Å². The Morgan fingerprint density at radius 1 is 1.48 bits per heavy atom. The number of rotatable bonds is 5. The average Bonchev–Trinajstić information content (AvgIpc) is 2.75. The van der Waals surface area contributed by atoms with Crippen LogP contribution in [0.25, 0.3) is 0 Å². The van der Waals surface area contributed by atoms with E-state index in [1.165, 1.54) is 12.1 Å². The van der Waals surface area contributed by atoms with Gasteiger partial charge in [0.1, 0.15) is 5.82 Å². The summed E-state index contributed by atoms with van der Waals surface area (Å²) >= 11 is 0. The molecule has 1 N–H and O–H groups in total. The van der Waals surface area contributed by atoms with Crippen LogP contribution in [0.2, 0.25) is 0 Å². The van der Waals surface area contributed by atoms with Gasteiger partial charge in [-0.05, 0) is 24.1 Å². The Morgan fingerprint density at radius 2 is 2.24 bits per heavy atom. The van der Waals surface area contributed by atoms with E-state index >= 15 is 0 Å². The van der Waals surface area contributed by atoms with Crippen molar-refractivity contribution in [3.05, 3.63) is 35.6 Å². The maximum atomic E-state index is 13.4. The molecule has 1 saturated heterocycles.